The first-order chi connectivity index (χ1) is 13.0. The third-order valence-corrected chi connectivity index (χ3v) is 4.42. The van der Waals surface area contributed by atoms with Gasteiger partial charge < -0.3 is 26.4 Å². The van der Waals surface area contributed by atoms with Crippen LogP contribution in [0.1, 0.15) is 6.42 Å². The molecule has 5 N–H and O–H groups in total. The van der Waals surface area contributed by atoms with Crippen LogP contribution in [0.15, 0.2) is 48.5 Å². The third kappa shape index (κ3) is 7.38. The smallest absolute Gasteiger partial charge is 0.241 e. The van der Waals surface area contributed by atoms with Crippen LogP contribution in [-0.4, -0.2) is 37.0 Å². The second-order valence-electron chi connectivity index (χ2n) is 6.23. The van der Waals surface area contributed by atoms with Gasteiger partial charge in [-0.15, -0.1) is 24.8 Å². The standard InChI is InChI=1S/C19H21ClN4O3.2ClH/c20-12-1-5-15(6-2-12)27-16-7-3-13(4-8-16)24-19(26)17-9-14(11-22-17)23-18(25)10-21;;/h1-8,14,17,22H,9-11,21H2,(H,23,25)(H,24,26);2*1H/t14-,17+;;/m1../s1. The first kappa shape index (κ1) is 25.0. The van der Waals surface area contributed by atoms with Crippen LogP contribution in [0.3, 0.4) is 0 Å². The molecule has 1 saturated heterocycles. The van der Waals surface area contributed by atoms with Crippen molar-refractivity contribution in [2.45, 2.75) is 18.5 Å². The van der Waals surface area contributed by atoms with Crippen molar-refractivity contribution in [1.82, 2.24) is 10.6 Å². The molecule has 0 bridgehead atoms. The predicted octanol–water partition coefficient (Wildman–Crippen LogP) is 2.72. The molecular weight excluding hydrogens is 439 g/mol. The van der Waals surface area contributed by atoms with Gasteiger partial charge in [-0.1, -0.05) is 11.6 Å². The molecule has 1 fully saturated rings. The zero-order valence-electron chi connectivity index (χ0n) is 15.4. The van der Waals surface area contributed by atoms with Gasteiger partial charge in [-0.25, -0.2) is 0 Å². The van der Waals surface area contributed by atoms with E-state index in [4.69, 9.17) is 22.1 Å². The number of hydrogen-bond acceptors (Lipinski definition) is 5. The van der Waals surface area contributed by atoms with E-state index in [2.05, 4.69) is 16.0 Å². The monoisotopic (exact) mass is 460 g/mol. The van der Waals surface area contributed by atoms with Crippen molar-refractivity contribution in [3.05, 3.63) is 53.6 Å². The summed E-state index contributed by atoms with van der Waals surface area (Å²) in [6, 6.07) is 13.7. The maximum atomic E-state index is 12.4. The Bertz CT molecular complexity index is 803. The Balaban J connectivity index is 0.00000210. The summed E-state index contributed by atoms with van der Waals surface area (Å²) in [5.41, 5.74) is 5.95. The number of ether oxygens (including phenoxy) is 1. The predicted molar refractivity (Wildman–Crippen MR) is 118 cm³/mol. The van der Waals surface area contributed by atoms with Crippen molar-refractivity contribution in [3.63, 3.8) is 0 Å². The van der Waals surface area contributed by atoms with Crippen LogP contribution in [0, 0.1) is 0 Å². The van der Waals surface area contributed by atoms with Gasteiger partial charge in [0.05, 0.1) is 12.6 Å². The molecule has 2 amide bonds. The van der Waals surface area contributed by atoms with Crippen LogP contribution >= 0.6 is 36.4 Å². The Morgan fingerprint density at radius 3 is 2.24 bits per heavy atom. The highest BCUT2D eigenvalue weighted by atomic mass is 35.5. The molecule has 1 heterocycles. The second kappa shape index (κ2) is 11.8. The number of hydrogen-bond donors (Lipinski definition) is 4. The highest BCUT2D eigenvalue weighted by Gasteiger charge is 2.30. The fourth-order valence-electron chi connectivity index (χ4n) is 2.81. The summed E-state index contributed by atoms with van der Waals surface area (Å²) in [6.45, 7) is 0.482. The minimum Gasteiger partial charge on any atom is -0.457 e. The van der Waals surface area contributed by atoms with Gasteiger partial charge in [-0.2, -0.15) is 0 Å². The van der Waals surface area contributed by atoms with Gasteiger partial charge in [-0.3, -0.25) is 9.59 Å². The van der Waals surface area contributed by atoms with Crippen LogP contribution in [0.4, 0.5) is 5.69 Å². The number of rotatable bonds is 6. The SMILES string of the molecule is Cl.Cl.NCC(=O)N[C@H]1CN[C@H](C(=O)Nc2ccc(Oc3ccc(Cl)cc3)cc2)C1. The Kier molecular flexibility index (Phi) is 10.2. The van der Waals surface area contributed by atoms with Crippen molar-refractivity contribution < 1.29 is 14.3 Å². The molecule has 0 radical (unpaired) electrons. The molecule has 158 valence electrons. The van der Waals surface area contributed by atoms with E-state index < -0.39 is 0 Å². The molecule has 2 aromatic carbocycles. The number of carbonyl (C=O) groups is 2. The number of carbonyl (C=O) groups excluding carboxylic acids is 2. The molecule has 0 aromatic heterocycles. The number of amides is 2. The highest BCUT2D eigenvalue weighted by molar-refractivity contribution is 6.30. The molecule has 0 saturated carbocycles. The molecule has 7 nitrogen and oxygen atoms in total. The molecule has 10 heteroatoms. The lowest BCUT2D eigenvalue weighted by molar-refractivity contribution is -0.121. The van der Waals surface area contributed by atoms with Crippen LogP contribution in [-0.2, 0) is 9.59 Å². The summed E-state index contributed by atoms with van der Waals surface area (Å²) in [4.78, 5) is 23.7. The maximum Gasteiger partial charge on any atom is 0.241 e. The third-order valence-electron chi connectivity index (χ3n) is 4.17. The number of nitrogens with one attached hydrogen (secondary N) is 3. The Morgan fingerprint density at radius 2 is 1.66 bits per heavy atom. The van der Waals surface area contributed by atoms with E-state index in [1.165, 1.54) is 0 Å². The largest absolute Gasteiger partial charge is 0.457 e. The lowest BCUT2D eigenvalue weighted by Gasteiger charge is -2.13. The van der Waals surface area contributed by atoms with E-state index in [1.54, 1.807) is 48.5 Å². The van der Waals surface area contributed by atoms with Crippen molar-refractivity contribution in [3.8, 4) is 11.5 Å². The molecule has 1 aliphatic rings. The lowest BCUT2D eigenvalue weighted by atomic mass is 10.1. The van der Waals surface area contributed by atoms with E-state index in [0.29, 0.717) is 35.2 Å². The number of nitrogens with two attached hydrogens (primary N) is 1. The van der Waals surface area contributed by atoms with Crippen LogP contribution in [0.5, 0.6) is 11.5 Å². The number of benzene rings is 2. The van der Waals surface area contributed by atoms with Gasteiger partial charge in [0.1, 0.15) is 11.5 Å². The van der Waals surface area contributed by atoms with Gasteiger partial charge in [0, 0.05) is 23.3 Å². The van der Waals surface area contributed by atoms with E-state index in [1.807, 2.05) is 0 Å². The Labute approximate surface area is 186 Å². The molecule has 3 rings (SSSR count). The van der Waals surface area contributed by atoms with Crippen LogP contribution in [0.2, 0.25) is 5.02 Å². The molecule has 2 aromatic rings. The number of halogens is 3. The Morgan fingerprint density at radius 1 is 1.07 bits per heavy atom. The average molecular weight is 462 g/mol. The van der Waals surface area contributed by atoms with Crippen LogP contribution in [0.25, 0.3) is 0 Å². The normalized spacial score (nSPS) is 17.4. The average Bonchev–Trinajstić information content (AvgIpc) is 3.13. The summed E-state index contributed by atoms with van der Waals surface area (Å²) in [5.74, 6) is 0.959. The minimum absolute atomic E-state index is 0. The van der Waals surface area contributed by atoms with E-state index in [9.17, 15) is 9.59 Å². The Hall–Kier alpha value is -2.03. The highest BCUT2D eigenvalue weighted by Crippen LogP contribution is 2.24. The summed E-state index contributed by atoms with van der Waals surface area (Å²) < 4.78 is 5.72. The maximum absolute atomic E-state index is 12.4. The fourth-order valence-corrected chi connectivity index (χ4v) is 2.93. The zero-order chi connectivity index (χ0) is 19.2. The number of anilines is 1. The topological polar surface area (TPSA) is 105 Å². The van der Waals surface area contributed by atoms with E-state index in [-0.39, 0.29) is 55.3 Å². The first-order valence-corrected chi connectivity index (χ1v) is 8.98. The minimum atomic E-state index is -0.363. The van der Waals surface area contributed by atoms with E-state index in [0.717, 1.165) is 0 Å². The van der Waals surface area contributed by atoms with Gasteiger partial charge in [0.2, 0.25) is 11.8 Å². The van der Waals surface area contributed by atoms with Gasteiger partial charge in [0.15, 0.2) is 0 Å². The summed E-state index contributed by atoms with van der Waals surface area (Å²) in [6.07, 6.45) is 0.523. The van der Waals surface area contributed by atoms with Crippen molar-refractivity contribution in [2.24, 2.45) is 5.73 Å². The molecule has 0 aliphatic carbocycles. The van der Waals surface area contributed by atoms with Crippen LogP contribution < -0.4 is 26.4 Å². The first-order valence-electron chi connectivity index (χ1n) is 8.60. The van der Waals surface area contributed by atoms with E-state index >= 15 is 0 Å². The van der Waals surface area contributed by atoms with Crippen molar-refractivity contribution >= 4 is 53.9 Å². The summed E-state index contributed by atoms with van der Waals surface area (Å²) in [5, 5.41) is 9.38. The molecule has 0 unspecified atom stereocenters. The molecule has 2 atom stereocenters. The summed E-state index contributed by atoms with van der Waals surface area (Å²) >= 11 is 5.85. The molecule has 1 aliphatic heterocycles. The van der Waals surface area contributed by atoms with Crippen molar-refractivity contribution in [2.75, 3.05) is 18.4 Å². The second-order valence-corrected chi connectivity index (χ2v) is 6.67. The van der Waals surface area contributed by atoms with Gasteiger partial charge in [-0.05, 0) is 55.0 Å². The zero-order valence-corrected chi connectivity index (χ0v) is 17.8. The van der Waals surface area contributed by atoms with Gasteiger partial charge >= 0.3 is 0 Å². The molecule has 0 spiro atoms. The summed E-state index contributed by atoms with van der Waals surface area (Å²) in [7, 11) is 0. The fraction of sp³-hybridized carbons (Fsp3) is 0.263. The molecular formula is C19H23Cl3N4O3. The van der Waals surface area contributed by atoms with Gasteiger partial charge in [0.25, 0.3) is 0 Å². The quantitative estimate of drug-likeness (QED) is 0.529. The van der Waals surface area contributed by atoms with Crippen molar-refractivity contribution in [1.29, 1.82) is 0 Å². The lowest BCUT2D eigenvalue weighted by Crippen LogP contribution is -2.39. The molecule has 29 heavy (non-hydrogen) atoms.